The minimum absolute atomic E-state index is 0.678. The van der Waals surface area contributed by atoms with Crippen LogP contribution in [0.5, 0.6) is 0 Å². The number of hydrogen-bond acceptors (Lipinski definition) is 4. The van der Waals surface area contributed by atoms with Gasteiger partial charge in [0.15, 0.2) is 0 Å². The summed E-state index contributed by atoms with van der Waals surface area (Å²) in [6, 6.07) is 8.26. The van der Waals surface area contributed by atoms with E-state index in [1.54, 1.807) is 0 Å². The van der Waals surface area contributed by atoms with Crippen LogP contribution >= 0.6 is 0 Å². The molecule has 0 spiro atoms. The molecule has 3 rings (SSSR count). The topological polar surface area (TPSA) is 41.1 Å². The Balaban J connectivity index is 2.02. The lowest BCUT2D eigenvalue weighted by Gasteiger charge is -2.23. The largest absolute Gasteiger partial charge is 0.356 e. The Morgan fingerprint density at radius 2 is 1.86 bits per heavy atom. The Labute approximate surface area is 125 Å². The number of fused-ring (bicyclic) bond motifs is 1. The molecule has 1 aromatic heterocycles. The average Bonchev–Trinajstić information content (AvgIpc) is 2.81. The molecular weight excluding hydrogens is 260 g/mol. The molecule has 1 aliphatic heterocycles. The van der Waals surface area contributed by atoms with E-state index in [0.29, 0.717) is 12.5 Å². The third kappa shape index (κ3) is 3.15. The van der Waals surface area contributed by atoms with Crippen LogP contribution in [0.1, 0.15) is 25.7 Å². The molecule has 1 saturated heterocycles. The van der Waals surface area contributed by atoms with E-state index in [0.717, 1.165) is 29.8 Å². The molecule has 110 valence electrons. The molecule has 1 aliphatic rings. The van der Waals surface area contributed by atoms with E-state index in [4.69, 9.17) is 4.98 Å². The molecule has 0 saturated carbocycles. The van der Waals surface area contributed by atoms with Crippen molar-refractivity contribution in [3.8, 4) is 0 Å². The van der Waals surface area contributed by atoms with E-state index >= 15 is 0 Å². The predicted molar refractivity (Wildman–Crippen MR) is 88.9 cm³/mol. The van der Waals surface area contributed by atoms with Crippen molar-refractivity contribution in [3.05, 3.63) is 36.9 Å². The van der Waals surface area contributed by atoms with E-state index in [9.17, 15) is 0 Å². The zero-order valence-electron chi connectivity index (χ0n) is 12.4. The van der Waals surface area contributed by atoms with Gasteiger partial charge in [-0.05, 0) is 25.0 Å². The Hall–Kier alpha value is -2.10. The monoisotopic (exact) mass is 282 g/mol. The molecule has 1 fully saturated rings. The highest BCUT2D eigenvalue weighted by Gasteiger charge is 2.15. The van der Waals surface area contributed by atoms with Gasteiger partial charge >= 0.3 is 0 Å². The summed E-state index contributed by atoms with van der Waals surface area (Å²) in [7, 11) is 0. The van der Waals surface area contributed by atoms with E-state index < -0.39 is 0 Å². The fourth-order valence-electron chi connectivity index (χ4n) is 2.83. The third-order valence-corrected chi connectivity index (χ3v) is 3.89. The number of rotatable bonds is 4. The molecule has 0 unspecified atom stereocenters. The van der Waals surface area contributed by atoms with Crippen molar-refractivity contribution in [1.82, 2.24) is 9.97 Å². The lowest BCUT2D eigenvalue weighted by Crippen LogP contribution is -2.25. The van der Waals surface area contributed by atoms with Gasteiger partial charge in [-0.25, -0.2) is 4.98 Å². The van der Waals surface area contributed by atoms with Gasteiger partial charge in [-0.15, -0.1) is 6.58 Å². The highest BCUT2D eigenvalue weighted by molar-refractivity contribution is 5.90. The quantitative estimate of drug-likeness (QED) is 0.870. The van der Waals surface area contributed by atoms with Crippen molar-refractivity contribution < 1.29 is 0 Å². The maximum absolute atomic E-state index is 4.76. The van der Waals surface area contributed by atoms with Gasteiger partial charge in [0.2, 0.25) is 5.95 Å². The summed E-state index contributed by atoms with van der Waals surface area (Å²) in [5.74, 6) is 1.75. The second kappa shape index (κ2) is 6.57. The summed E-state index contributed by atoms with van der Waals surface area (Å²) in [4.78, 5) is 11.8. The molecule has 1 aromatic carbocycles. The standard InChI is InChI=1S/C17H22N4/c1-2-11-18-17-19-15-10-6-5-9-14(15)16(20-17)21-12-7-3-4-8-13-21/h2,5-6,9-10H,1,3-4,7-8,11-13H2,(H,18,19,20). The van der Waals surface area contributed by atoms with E-state index in [-0.39, 0.29) is 0 Å². The Morgan fingerprint density at radius 3 is 2.62 bits per heavy atom. The maximum atomic E-state index is 4.76. The van der Waals surface area contributed by atoms with Crippen LogP contribution in [0, 0.1) is 0 Å². The summed E-state index contributed by atoms with van der Waals surface area (Å²) < 4.78 is 0. The molecule has 0 amide bonds. The highest BCUT2D eigenvalue weighted by Crippen LogP contribution is 2.27. The number of nitrogens with one attached hydrogen (secondary N) is 1. The zero-order valence-corrected chi connectivity index (χ0v) is 12.4. The van der Waals surface area contributed by atoms with Crippen LogP contribution in [0.25, 0.3) is 10.9 Å². The number of hydrogen-bond donors (Lipinski definition) is 1. The van der Waals surface area contributed by atoms with Crippen molar-refractivity contribution in [3.63, 3.8) is 0 Å². The fraction of sp³-hybridized carbons (Fsp3) is 0.412. The summed E-state index contributed by atoms with van der Waals surface area (Å²) >= 11 is 0. The predicted octanol–water partition coefficient (Wildman–Crippen LogP) is 3.61. The van der Waals surface area contributed by atoms with E-state index in [1.807, 2.05) is 12.1 Å². The molecule has 0 radical (unpaired) electrons. The third-order valence-electron chi connectivity index (χ3n) is 3.89. The van der Waals surface area contributed by atoms with Crippen LogP contribution in [0.4, 0.5) is 11.8 Å². The van der Waals surface area contributed by atoms with Gasteiger partial charge in [-0.3, -0.25) is 0 Å². The summed E-state index contributed by atoms with van der Waals surface area (Å²) in [5, 5.41) is 4.36. The van der Waals surface area contributed by atoms with Crippen LogP contribution in [0.15, 0.2) is 36.9 Å². The normalized spacial score (nSPS) is 15.7. The minimum atomic E-state index is 0.678. The molecule has 1 N–H and O–H groups in total. The number of aromatic nitrogens is 2. The fourth-order valence-corrected chi connectivity index (χ4v) is 2.83. The summed E-state index contributed by atoms with van der Waals surface area (Å²) in [5.41, 5.74) is 0.998. The molecule has 2 aromatic rings. The number of anilines is 2. The van der Waals surface area contributed by atoms with Crippen molar-refractivity contribution in [2.75, 3.05) is 29.9 Å². The minimum Gasteiger partial charge on any atom is -0.356 e. The van der Waals surface area contributed by atoms with E-state index in [1.165, 1.54) is 25.7 Å². The summed E-state index contributed by atoms with van der Waals surface area (Å²) in [6.45, 7) is 6.58. The van der Waals surface area contributed by atoms with E-state index in [2.05, 4.69) is 40.0 Å². The molecular formula is C17H22N4. The molecule has 4 nitrogen and oxygen atoms in total. The van der Waals surface area contributed by atoms with Gasteiger partial charge in [0.25, 0.3) is 0 Å². The Kier molecular flexibility index (Phi) is 4.34. The van der Waals surface area contributed by atoms with Gasteiger partial charge in [0.05, 0.1) is 5.52 Å². The Bertz CT molecular complexity index is 615. The molecule has 2 heterocycles. The number of nitrogens with zero attached hydrogens (tertiary/aromatic N) is 3. The van der Waals surface area contributed by atoms with Gasteiger partial charge in [-0.2, -0.15) is 4.98 Å². The first-order valence-electron chi connectivity index (χ1n) is 7.75. The number of benzene rings is 1. The molecule has 0 atom stereocenters. The Morgan fingerprint density at radius 1 is 1.10 bits per heavy atom. The second-order valence-corrected chi connectivity index (χ2v) is 5.46. The maximum Gasteiger partial charge on any atom is 0.225 e. The van der Waals surface area contributed by atoms with Crippen molar-refractivity contribution in [2.24, 2.45) is 0 Å². The molecule has 0 aliphatic carbocycles. The number of para-hydroxylation sites is 1. The SMILES string of the molecule is C=CCNc1nc(N2CCCCCC2)c2ccccc2n1. The van der Waals surface area contributed by atoms with Crippen LogP contribution in [-0.2, 0) is 0 Å². The lowest BCUT2D eigenvalue weighted by molar-refractivity contribution is 0.726. The lowest BCUT2D eigenvalue weighted by atomic mass is 10.2. The molecule has 0 bridgehead atoms. The first kappa shape index (κ1) is 13.9. The highest BCUT2D eigenvalue weighted by atomic mass is 15.2. The smallest absolute Gasteiger partial charge is 0.225 e. The van der Waals surface area contributed by atoms with Gasteiger partial charge in [0.1, 0.15) is 5.82 Å². The van der Waals surface area contributed by atoms with Gasteiger partial charge in [-0.1, -0.05) is 31.1 Å². The first-order chi connectivity index (χ1) is 10.4. The van der Waals surface area contributed by atoms with Gasteiger partial charge in [0, 0.05) is 25.0 Å². The van der Waals surface area contributed by atoms with Crippen molar-refractivity contribution in [1.29, 1.82) is 0 Å². The molecule has 4 heteroatoms. The second-order valence-electron chi connectivity index (χ2n) is 5.46. The first-order valence-corrected chi connectivity index (χ1v) is 7.75. The van der Waals surface area contributed by atoms with Crippen LogP contribution < -0.4 is 10.2 Å². The summed E-state index contributed by atoms with van der Waals surface area (Å²) in [6.07, 6.45) is 6.95. The van der Waals surface area contributed by atoms with Crippen molar-refractivity contribution >= 4 is 22.7 Å². The van der Waals surface area contributed by atoms with Gasteiger partial charge < -0.3 is 10.2 Å². The molecule has 21 heavy (non-hydrogen) atoms. The van der Waals surface area contributed by atoms with Crippen molar-refractivity contribution in [2.45, 2.75) is 25.7 Å². The van der Waals surface area contributed by atoms with Crippen LogP contribution in [0.3, 0.4) is 0 Å². The zero-order chi connectivity index (χ0) is 14.5. The average molecular weight is 282 g/mol. The van der Waals surface area contributed by atoms with Crippen LogP contribution in [-0.4, -0.2) is 29.6 Å². The van der Waals surface area contributed by atoms with Crippen LogP contribution in [0.2, 0.25) is 0 Å².